The highest BCUT2D eigenvalue weighted by Gasteiger charge is 2.30. The molecule has 0 bridgehead atoms. The Hall–Kier alpha value is -1.21. The SMILES string of the molecule is CN(C1CCNC1)S(=O)(=O)c1cccc2ncccc12.Cl. The second-order valence-corrected chi connectivity index (χ2v) is 6.96. The fourth-order valence-electron chi connectivity index (χ4n) is 2.60. The third kappa shape index (κ3) is 2.89. The monoisotopic (exact) mass is 327 g/mol. The molecule has 1 atom stereocenters. The molecule has 1 unspecified atom stereocenters. The Kier molecular flexibility index (Phi) is 4.83. The summed E-state index contributed by atoms with van der Waals surface area (Å²) in [5.74, 6) is 0. The van der Waals surface area contributed by atoms with Gasteiger partial charge in [0.25, 0.3) is 0 Å². The summed E-state index contributed by atoms with van der Waals surface area (Å²) in [5, 5.41) is 3.87. The van der Waals surface area contributed by atoms with Crippen LogP contribution in [0.5, 0.6) is 0 Å². The van der Waals surface area contributed by atoms with Crippen LogP contribution in [-0.4, -0.2) is 43.9 Å². The summed E-state index contributed by atoms with van der Waals surface area (Å²) in [7, 11) is -1.84. The molecule has 0 spiro atoms. The first-order valence-corrected chi connectivity index (χ1v) is 8.07. The van der Waals surface area contributed by atoms with Gasteiger partial charge in [-0.3, -0.25) is 4.98 Å². The van der Waals surface area contributed by atoms with Crippen LogP contribution in [0, 0.1) is 0 Å². The number of halogens is 1. The van der Waals surface area contributed by atoms with E-state index < -0.39 is 10.0 Å². The Morgan fingerprint density at radius 1 is 1.29 bits per heavy atom. The first kappa shape index (κ1) is 16.2. The summed E-state index contributed by atoms with van der Waals surface area (Å²) < 4.78 is 27.1. The van der Waals surface area contributed by atoms with Gasteiger partial charge in [0.1, 0.15) is 0 Å². The Balaban J connectivity index is 0.00000161. The van der Waals surface area contributed by atoms with Gasteiger partial charge in [-0.1, -0.05) is 6.07 Å². The summed E-state index contributed by atoms with van der Waals surface area (Å²) in [6.45, 7) is 1.57. The van der Waals surface area contributed by atoms with Gasteiger partial charge in [0.15, 0.2) is 0 Å². The third-order valence-electron chi connectivity index (χ3n) is 3.81. The number of nitrogens with one attached hydrogen (secondary N) is 1. The highest BCUT2D eigenvalue weighted by molar-refractivity contribution is 7.89. The fourth-order valence-corrected chi connectivity index (χ4v) is 4.18. The second kappa shape index (κ2) is 6.27. The van der Waals surface area contributed by atoms with Gasteiger partial charge >= 0.3 is 0 Å². The van der Waals surface area contributed by atoms with Crippen molar-refractivity contribution < 1.29 is 8.42 Å². The number of hydrogen-bond donors (Lipinski definition) is 1. The third-order valence-corrected chi connectivity index (χ3v) is 5.78. The zero-order valence-corrected chi connectivity index (χ0v) is 13.3. The predicted molar refractivity (Wildman–Crippen MR) is 85.2 cm³/mol. The number of aromatic nitrogens is 1. The first-order chi connectivity index (χ1) is 9.60. The predicted octanol–water partition coefficient (Wildman–Crippen LogP) is 1.64. The van der Waals surface area contributed by atoms with E-state index in [2.05, 4.69) is 10.3 Å². The molecule has 21 heavy (non-hydrogen) atoms. The lowest BCUT2D eigenvalue weighted by Gasteiger charge is -2.23. The van der Waals surface area contributed by atoms with Crippen molar-refractivity contribution in [1.82, 2.24) is 14.6 Å². The van der Waals surface area contributed by atoms with E-state index in [9.17, 15) is 8.42 Å². The zero-order valence-electron chi connectivity index (χ0n) is 11.7. The van der Waals surface area contributed by atoms with Gasteiger partial charge in [-0.2, -0.15) is 4.31 Å². The van der Waals surface area contributed by atoms with E-state index in [1.807, 2.05) is 6.07 Å². The van der Waals surface area contributed by atoms with Crippen LogP contribution in [0.4, 0.5) is 0 Å². The summed E-state index contributed by atoms with van der Waals surface area (Å²) >= 11 is 0. The van der Waals surface area contributed by atoms with E-state index >= 15 is 0 Å². The van der Waals surface area contributed by atoms with Crippen LogP contribution in [0.3, 0.4) is 0 Å². The van der Waals surface area contributed by atoms with E-state index in [0.29, 0.717) is 22.3 Å². The summed E-state index contributed by atoms with van der Waals surface area (Å²) in [6, 6.07) is 8.80. The topological polar surface area (TPSA) is 62.3 Å². The molecule has 1 aliphatic rings. The fraction of sp³-hybridized carbons (Fsp3) is 0.357. The maximum atomic E-state index is 12.8. The van der Waals surface area contributed by atoms with Crippen LogP contribution >= 0.6 is 12.4 Å². The quantitative estimate of drug-likeness (QED) is 0.931. The molecule has 114 valence electrons. The number of benzene rings is 1. The lowest BCUT2D eigenvalue weighted by Crippen LogP contribution is -2.38. The van der Waals surface area contributed by atoms with Crippen molar-refractivity contribution in [2.45, 2.75) is 17.4 Å². The molecular weight excluding hydrogens is 310 g/mol. The highest BCUT2D eigenvalue weighted by atomic mass is 35.5. The molecule has 2 aromatic rings. The molecule has 1 aromatic heterocycles. The lowest BCUT2D eigenvalue weighted by molar-refractivity contribution is 0.388. The highest BCUT2D eigenvalue weighted by Crippen LogP contribution is 2.25. The van der Waals surface area contributed by atoms with Crippen LogP contribution in [-0.2, 0) is 10.0 Å². The molecule has 0 amide bonds. The van der Waals surface area contributed by atoms with E-state index in [4.69, 9.17) is 0 Å². The number of likely N-dealkylation sites (N-methyl/N-ethyl adjacent to an activating group) is 1. The van der Waals surface area contributed by atoms with Crippen molar-refractivity contribution in [2.24, 2.45) is 0 Å². The smallest absolute Gasteiger partial charge is 0.243 e. The summed E-state index contributed by atoms with van der Waals surface area (Å²) in [4.78, 5) is 4.55. The number of rotatable bonds is 3. The van der Waals surface area contributed by atoms with Crippen molar-refractivity contribution in [2.75, 3.05) is 20.1 Å². The van der Waals surface area contributed by atoms with Gasteiger partial charge < -0.3 is 5.32 Å². The minimum atomic E-state index is -3.50. The van der Waals surface area contributed by atoms with Gasteiger partial charge in [-0.05, 0) is 37.2 Å². The maximum Gasteiger partial charge on any atom is 0.243 e. The molecule has 1 fully saturated rings. The molecule has 0 aliphatic carbocycles. The lowest BCUT2D eigenvalue weighted by atomic mass is 10.2. The Bertz CT molecular complexity index is 725. The zero-order chi connectivity index (χ0) is 14.2. The van der Waals surface area contributed by atoms with Crippen molar-refractivity contribution in [3.05, 3.63) is 36.5 Å². The van der Waals surface area contributed by atoms with E-state index in [1.165, 1.54) is 4.31 Å². The molecule has 1 aliphatic heterocycles. The molecule has 0 saturated carbocycles. The van der Waals surface area contributed by atoms with E-state index in [0.717, 1.165) is 13.0 Å². The number of hydrogen-bond acceptors (Lipinski definition) is 4. The van der Waals surface area contributed by atoms with E-state index in [-0.39, 0.29) is 18.4 Å². The Labute approximate surface area is 130 Å². The number of fused-ring (bicyclic) bond motifs is 1. The van der Waals surface area contributed by atoms with Crippen molar-refractivity contribution in [3.63, 3.8) is 0 Å². The maximum absolute atomic E-state index is 12.8. The van der Waals surface area contributed by atoms with Gasteiger partial charge in [0.2, 0.25) is 10.0 Å². The van der Waals surface area contributed by atoms with Crippen molar-refractivity contribution in [3.8, 4) is 0 Å². The molecule has 3 rings (SSSR count). The minimum absolute atomic E-state index is 0. The second-order valence-electron chi connectivity index (χ2n) is 4.99. The average Bonchev–Trinajstić information content (AvgIpc) is 2.99. The van der Waals surface area contributed by atoms with Crippen LogP contribution in [0.2, 0.25) is 0 Å². The van der Waals surface area contributed by atoms with Gasteiger partial charge in [0.05, 0.1) is 10.4 Å². The van der Waals surface area contributed by atoms with Crippen LogP contribution in [0.25, 0.3) is 10.9 Å². The minimum Gasteiger partial charge on any atom is -0.315 e. The largest absolute Gasteiger partial charge is 0.315 e. The number of sulfonamides is 1. The molecular formula is C14H18ClN3O2S. The molecule has 7 heteroatoms. The normalized spacial score (nSPS) is 18.9. The van der Waals surface area contributed by atoms with Crippen LogP contribution in [0.1, 0.15) is 6.42 Å². The van der Waals surface area contributed by atoms with Gasteiger partial charge in [-0.15, -0.1) is 12.4 Å². The first-order valence-electron chi connectivity index (χ1n) is 6.63. The van der Waals surface area contributed by atoms with Gasteiger partial charge in [-0.25, -0.2) is 8.42 Å². The molecule has 1 aromatic carbocycles. The van der Waals surface area contributed by atoms with Gasteiger partial charge in [0, 0.05) is 31.2 Å². The van der Waals surface area contributed by atoms with Crippen LogP contribution < -0.4 is 5.32 Å². The standard InChI is InChI=1S/C14H17N3O2S.ClH/c1-17(11-7-9-15-10-11)20(18,19)14-6-2-5-13-12(14)4-3-8-16-13;/h2-6,8,11,15H,7,9-10H2,1H3;1H. The molecule has 1 N–H and O–H groups in total. The van der Waals surface area contributed by atoms with E-state index in [1.54, 1.807) is 37.5 Å². The molecule has 1 saturated heterocycles. The van der Waals surface area contributed by atoms with Crippen molar-refractivity contribution >= 4 is 33.3 Å². The molecule has 0 radical (unpaired) electrons. The van der Waals surface area contributed by atoms with Crippen LogP contribution in [0.15, 0.2) is 41.4 Å². The molecule has 5 nitrogen and oxygen atoms in total. The Morgan fingerprint density at radius 3 is 2.81 bits per heavy atom. The number of nitrogens with zero attached hydrogens (tertiary/aromatic N) is 2. The summed E-state index contributed by atoms with van der Waals surface area (Å²) in [5.41, 5.74) is 0.700. The Morgan fingerprint density at radius 2 is 2.10 bits per heavy atom. The molecule has 2 heterocycles. The number of pyridine rings is 1. The van der Waals surface area contributed by atoms with Crippen molar-refractivity contribution in [1.29, 1.82) is 0 Å². The summed E-state index contributed by atoms with van der Waals surface area (Å²) in [6.07, 6.45) is 2.52. The average molecular weight is 328 g/mol.